The van der Waals surface area contributed by atoms with Crippen molar-refractivity contribution >= 4 is 28.3 Å². The molecule has 0 saturated carbocycles. The van der Waals surface area contributed by atoms with E-state index in [0.29, 0.717) is 37.3 Å². The predicted molar refractivity (Wildman–Crippen MR) is 113 cm³/mol. The third-order valence-corrected chi connectivity index (χ3v) is 7.23. The van der Waals surface area contributed by atoms with Crippen molar-refractivity contribution in [2.75, 3.05) is 37.7 Å². The Bertz CT molecular complexity index is 1060. The Labute approximate surface area is 183 Å². The predicted octanol–water partition coefficient (Wildman–Crippen LogP) is 2.49. The molecular weight excluding hydrogens is 426 g/mol. The van der Waals surface area contributed by atoms with Crippen LogP contribution in [0.25, 0.3) is 10.9 Å². The van der Waals surface area contributed by atoms with Gasteiger partial charge in [0.2, 0.25) is 0 Å². The number of rotatable bonds is 4. The molecule has 3 saturated heterocycles. The zero-order valence-electron chi connectivity index (χ0n) is 16.9. The van der Waals surface area contributed by atoms with Gasteiger partial charge in [-0.05, 0) is 19.4 Å². The normalized spacial score (nSPS) is 32.2. The van der Waals surface area contributed by atoms with Crippen LogP contribution in [0.4, 0.5) is 14.6 Å². The summed E-state index contributed by atoms with van der Waals surface area (Å²) in [5.41, 5.74) is -0.237. The topological polar surface area (TPSA) is 66.4 Å². The number of nitrogens with zero attached hydrogens (tertiary/aromatic N) is 5. The highest BCUT2D eigenvalue weighted by molar-refractivity contribution is 6.30. The number of piperazine rings is 1. The monoisotopic (exact) mass is 448 g/mol. The maximum Gasteiger partial charge on any atom is 0.319 e. The highest BCUT2D eigenvalue weighted by Crippen LogP contribution is 2.40. The summed E-state index contributed by atoms with van der Waals surface area (Å²) < 4.78 is 35.0. The Morgan fingerprint density at radius 3 is 2.84 bits per heavy atom. The van der Waals surface area contributed by atoms with Crippen LogP contribution in [-0.4, -0.2) is 76.4 Å². The molecule has 0 radical (unpaired) electrons. The summed E-state index contributed by atoms with van der Waals surface area (Å²) in [4.78, 5) is 17.2. The van der Waals surface area contributed by atoms with E-state index in [1.807, 2.05) is 0 Å². The number of hydrogen-bond donors (Lipinski definition) is 1. The molecule has 0 aliphatic carbocycles. The number of pyridine rings is 1. The zero-order valence-corrected chi connectivity index (χ0v) is 17.7. The lowest BCUT2D eigenvalue weighted by atomic mass is 9.95. The third-order valence-electron chi connectivity index (χ3n) is 6.97. The van der Waals surface area contributed by atoms with E-state index in [2.05, 4.69) is 42.2 Å². The summed E-state index contributed by atoms with van der Waals surface area (Å²) in [5, 5.41) is 3.75. The van der Waals surface area contributed by atoms with Gasteiger partial charge in [0.1, 0.15) is 24.1 Å². The first-order valence-corrected chi connectivity index (χ1v) is 11.1. The van der Waals surface area contributed by atoms with Gasteiger partial charge in [-0.1, -0.05) is 23.8 Å². The number of anilines is 1. The van der Waals surface area contributed by atoms with Crippen molar-refractivity contribution < 1.29 is 13.5 Å². The van der Waals surface area contributed by atoms with Crippen molar-refractivity contribution in [3.05, 3.63) is 29.3 Å². The summed E-state index contributed by atoms with van der Waals surface area (Å²) in [7, 11) is 0. The molecule has 164 valence electrons. The van der Waals surface area contributed by atoms with Crippen LogP contribution in [0, 0.1) is 5.82 Å². The fraction of sp³-hybridized carbons (Fsp3) is 0.571. The highest BCUT2D eigenvalue weighted by Gasteiger charge is 2.49. The second kappa shape index (κ2) is 7.21. The first-order valence-electron chi connectivity index (χ1n) is 10.7. The minimum absolute atomic E-state index is 0.0889. The molecule has 2 bridgehead atoms. The van der Waals surface area contributed by atoms with E-state index in [4.69, 9.17) is 16.3 Å². The number of alkyl halides is 1. The number of ether oxygens (including phenoxy) is 1. The Kier molecular flexibility index (Phi) is 4.56. The van der Waals surface area contributed by atoms with Gasteiger partial charge in [-0.2, -0.15) is 9.97 Å². The Hall–Kier alpha value is -2.10. The van der Waals surface area contributed by atoms with Crippen LogP contribution in [0.5, 0.6) is 6.01 Å². The van der Waals surface area contributed by atoms with Gasteiger partial charge in [-0.15, -0.1) is 0 Å². The summed E-state index contributed by atoms with van der Waals surface area (Å²) in [5.74, 6) is -0.104. The van der Waals surface area contributed by atoms with E-state index < -0.39 is 12.0 Å². The van der Waals surface area contributed by atoms with Crippen molar-refractivity contribution in [3.63, 3.8) is 0 Å². The van der Waals surface area contributed by atoms with Crippen LogP contribution in [0.15, 0.2) is 18.3 Å². The first-order chi connectivity index (χ1) is 15.0. The molecule has 4 atom stereocenters. The van der Waals surface area contributed by atoms with Crippen LogP contribution in [0.1, 0.15) is 19.3 Å². The quantitative estimate of drug-likeness (QED) is 0.569. The average molecular weight is 449 g/mol. The van der Waals surface area contributed by atoms with E-state index in [9.17, 15) is 8.78 Å². The second-order valence-corrected chi connectivity index (χ2v) is 9.35. The molecule has 31 heavy (non-hydrogen) atoms. The molecule has 10 heteroatoms. The molecule has 0 aromatic carbocycles. The van der Waals surface area contributed by atoms with Crippen LogP contribution < -0.4 is 15.0 Å². The Morgan fingerprint density at radius 1 is 1.23 bits per heavy atom. The summed E-state index contributed by atoms with van der Waals surface area (Å²) in [6, 6.07) is 0.513. The molecule has 2 aromatic rings. The van der Waals surface area contributed by atoms with Gasteiger partial charge in [-0.25, -0.2) is 13.8 Å². The molecule has 0 amide bonds. The zero-order chi connectivity index (χ0) is 21.2. The second-order valence-electron chi connectivity index (χ2n) is 8.99. The third kappa shape index (κ3) is 3.25. The van der Waals surface area contributed by atoms with Crippen molar-refractivity contribution in [2.24, 2.45) is 0 Å². The van der Waals surface area contributed by atoms with Crippen molar-refractivity contribution in [2.45, 2.75) is 43.1 Å². The number of nitrogens with one attached hydrogen (secondary N) is 1. The molecule has 4 aliphatic rings. The van der Waals surface area contributed by atoms with Crippen LogP contribution in [0.3, 0.4) is 0 Å². The smallest absolute Gasteiger partial charge is 0.319 e. The summed E-state index contributed by atoms with van der Waals surface area (Å²) in [6.45, 7) is 3.00. The lowest BCUT2D eigenvalue weighted by Gasteiger charge is -2.34. The van der Waals surface area contributed by atoms with E-state index in [0.717, 1.165) is 19.4 Å². The maximum atomic E-state index is 14.9. The van der Waals surface area contributed by atoms with Crippen molar-refractivity contribution in [1.29, 1.82) is 0 Å². The maximum absolute atomic E-state index is 14.9. The molecule has 7 nitrogen and oxygen atoms in total. The lowest BCUT2D eigenvalue weighted by molar-refractivity contribution is 0.107. The summed E-state index contributed by atoms with van der Waals surface area (Å²) >= 11 is 5.93. The van der Waals surface area contributed by atoms with Gasteiger partial charge < -0.3 is 15.0 Å². The number of hydrogen-bond acceptors (Lipinski definition) is 7. The van der Waals surface area contributed by atoms with Gasteiger partial charge in [0, 0.05) is 44.3 Å². The molecular formula is C21H23ClF2N6O. The van der Waals surface area contributed by atoms with Crippen LogP contribution in [0.2, 0.25) is 5.15 Å². The SMILES string of the molecule is Fc1c(Cl)ncc2c(N3C[C@H]4C=C[C@@H](C3)N4)nc(OC[C@@]34CCCN3C[C@H](F)C4)nc12. The minimum atomic E-state index is -0.844. The Morgan fingerprint density at radius 2 is 2.03 bits per heavy atom. The van der Waals surface area contributed by atoms with E-state index in [-0.39, 0.29) is 40.9 Å². The number of aromatic nitrogens is 3. The average Bonchev–Trinajstić information content (AvgIpc) is 3.40. The fourth-order valence-electron chi connectivity index (χ4n) is 5.56. The molecule has 6 heterocycles. The molecule has 4 aliphatic heterocycles. The number of halogens is 3. The molecule has 0 unspecified atom stereocenters. The molecule has 6 rings (SSSR count). The van der Waals surface area contributed by atoms with Crippen molar-refractivity contribution in [3.8, 4) is 6.01 Å². The summed E-state index contributed by atoms with van der Waals surface area (Å²) in [6.07, 6.45) is 7.30. The van der Waals surface area contributed by atoms with Crippen molar-refractivity contribution in [1.82, 2.24) is 25.2 Å². The standard InChI is InChI=1S/C21H23ClF2N6O/c22-18-16(24)17-15(7-25-18)19(29-9-13-2-3-14(10-29)26-13)28-20(27-17)31-11-21-4-1-5-30(21)8-12(23)6-21/h2-3,7,12-14,26H,1,4-6,8-11H2/t12-,13-,14+,21+/m1/s1. The fourth-order valence-corrected chi connectivity index (χ4v) is 5.69. The first kappa shape index (κ1) is 19.6. The Balaban J connectivity index is 1.36. The van der Waals surface area contributed by atoms with Crippen LogP contribution >= 0.6 is 11.6 Å². The van der Waals surface area contributed by atoms with Gasteiger partial charge in [-0.3, -0.25) is 4.90 Å². The highest BCUT2D eigenvalue weighted by atomic mass is 35.5. The van der Waals surface area contributed by atoms with E-state index in [1.54, 1.807) is 0 Å². The lowest BCUT2D eigenvalue weighted by Crippen LogP contribution is -2.52. The van der Waals surface area contributed by atoms with Gasteiger partial charge in [0.15, 0.2) is 11.0 Å². The van der Waals surface area contributed by atoms with Crippen LogP contribution in [-0.2, 0) is 0 Å². The molecule has 1 N–H and O–H groups in total. The van der Waals surface area contributed by atoms with Gasteiger partial charge in [0.25, 0.3) is 0 Å². The van der Waals surface area contributed by atoms with Gasteiger partial charge in [0.05, 0.1) is 10.9 Å². The molecule has 2 aromatic heterocycles. The molecule has 0 spiro atoms. The minimum Gasteiger partial charge on any atom is -0.461 e. The largest absolute Gasteiger partial charge is 0.461 e. The molecule has 3 fully saturated rings. The van der Waals surface area contributed by atoms with Gasteiger partial charge >= 0.3 is 6.01 Å². The van der Waals surface area contributed by atoms with E-state index >= 15 is 0 Å². The number of fused-ring (bicyclic) bond motifs is 4. The van der Waals surface area contributed by atoms with E-state index in [1.165, 1.54) is 6.20 Å².